The fourth-order valence-electron chi connectivity index (χ4n) is 4.47. The Morgan fingerprint density at radius 2 is 1.66 bits per heavy atom. The molecule has 4 rings (SSSR count). The average molecular weight is 519 g/mol. The number of fused-ring (bicyclic) bond motifs is 1. The lowest BCUT2D eigenvalue weighted by atomic mass is 10.0. The van der Waals surface area contributed by atoms with E-state index in [1.54, 1.807) is 24.3 Å². The van der Waals surface area contributed by atoms with Crippen LogP contribution in [0.3, 0.4) is 0 Å². The molecule has 0 unspecified atom stereocenters. The summed E-state index contributed by atoms with van der Waals surface area (Å²) >= 11 is 0. The van der Waals surface area contributed by atoms with Crippen molar-refractivity contribution in [2.45, 2.75) is 33.4 Å². The first-order valence-corrected chi connectivity index (χ1v) is 12.7. The normalized spacial score (nSPS) is 14.8. The SMILES string of the molecule is COC(=O)[C@@H](Nc1nc(CN2CCN(C(=O)c3ccc(NC(C)=O)cc3)CC2)nc2ccccc12)C(C)C. The summed E-state index contributed by atoms with van der Waals surface area (Å²) < 4.78 is 4.99. The van der Waals surface area contributed by atoms with Crippen LogP contribution in [0.5, 0.6) is 0 Å². The Morgan fingerprint density at radius 3 is 2.29 bits per heavy atom. The number of rotatable bonds is 8. The van der Waals surface area contributed by atoms with Crippen LogP contribution in [0.15, 0.2) is 48.5 Å². The fourth-order valence-corrected chi connectivity index (χ4v) is 4.47. The zero-order valence-corrected chi connectivity index (χ0v) is 22.2. The van der Waals surface area contributed by atoms with Gasteiger partial charge in [0.15, 0.2) is 0 Å². The molecule has 0 bridgehead atoms. The number of hydrogen-bond acceptors (Lipinski definition) is 8. The molecule has 10 nitrogen and oxygen atoms in total. The number of nitrogens with one attached hydrogen (secondary N) is 2. The van der Waals surface area contributed by atoms with Crippen molar-refractivity contribution >= 4 is 40.2 Å². The third-order valence-corrected chi connectivity index (χ3v) is 6.54. The molecule has 2 N–H and O–H groups in total. The van der Waals surface area contributed by atoms with Crippen molar-refractivity contribution in [2.24, 2.45) is 5.92 Å². The van der Waals surface area contributed by atoms with Crippen molar-refractivity contribution in [1.82, 2.24) is 19.8 Å². The third kappa shape index (κ3) is 6.44. The summed E-state index contributed by atoms with van der Waals surface area (Å²) in [6, 6.07) is 14.1. The van der Waals surface area contributed by atoms with E-state index >= 15 is 0 Å². The Labute approximate surface area is 222 Å². The summed E-state index contributed by atoms with van der Waals surface area (Å²) in [4.78, 5) is 50.1. The van der Waals surface area contributed by atoms with Gasteiger partial charge in [0, 0.05) is 49.7 Å². The fraction of sp³-hybridized carbons (Fsp3) is 0.393. The van der Waals surface area contributed by atoms with Crippen LogP contribution < -0.4 is 10.6 Å². The monoisotopic (exact) mass is 518 g/mol. The minimum Gasteiger partial charge on any atom is -0.467 e. The van der Waals surface area contributed by atoms with Crippen LogP contribution in [0.2, 0.25) is 0 Å². The van der Waals surface area contributed by atoms with Gasteiger partial charge in [0.1, 0.15) is 17.7 Å². The number of anilines is 2. The summed E-state index contributed by atoms with van der Waals surface area (Å²) in [5.74, 6) is 0.733. The molecule has 2 amide bonds. The lowest BCUT2D eigenvalue weighted by Gasteiger charge is -2.34. The van der Waals surface area contributed by atoms with E-state index in [0.29, 0.717) is 55.6 Å². The van der Waals surface area contributed by atoms with E-state index in [1.807, 2.05) is 43.0 Å². The topological polar surface area (TPSA) is 117 Å². The number of nitrogens with zero attached hydrogens (tertiary/aromatic N) is 4. The highest BCUT2D eigenvalue weighted by Gasteiger charge is 2.26. The maximum Gasteiger partial charge on any atom is 0.328 e. The molecular formula is C28H34N6O4. The number of carbonyl (C=O) groups excluding carboxylic acids is 3. The number of benzene rings is 2. The van der Waals surface area contributed by atoms with Gasteiger partial charge in [-0.3, -0.25) is 14.5 Å². The van der Waals surface area contributed by atoms with Crippen molar-refractivity contribution < 1.29 is 19.1 Å². The first-order chi connectivity index (χ1) is 18.2. The zero-order chi connectivity index (χ0) is 27.2. The van der Waals surface area contributed by atoms with E-state index in [9.17, 15) is 14.4 Å². The Balaban J connectivity index is 1.43. The molecular weight excluding hydrogens is 484 g/mol. The predicted molar refractivity (Wildman–Crippen MR) is 146 cm³/mol. The number of aromatic nitrogens is 2. The highest BCUT2D eigenvalue weighted by Crippen LogP contribution is 2.23. The standard InChI is InChI=1S/C28H34N6O4/c1-18(2)25(28(37)38-4)32-26-22-7-5-6-8-23(22)30-24(31-26)17-33-13-15-34(16-14-33)27(36)20-9-11-21(12-10-20)29-19(3)35/h5-12,18,25H,13-17H2,1-4H3,(H,29,35)(H,30,31,32)/t25-/m0/s1. The highest BCUT2D eigenvalue weighted by molar-refractivity contribution is 5.95. The second-order valence-corrected chi connectivity index (χ2v) is 9.72. The smallest absolute Gasteiger partial charge is 0.328 e. The number of hydrogen-bond donors (Lipinski definition) is 2. The van der Waals surface area contributed by atoms with E-state index < -0.39 is 6.04 Å². The molecule has 38 heavy (non-hydrogen) atoms. The van der Waals surface area contributed by atoms with Crippen molar-refractivity contribution in [3.8, 4) is 0 Å². The van der Waals surface area contributed by atoms with Crippen LogP contribution in [-0.4, -0.2) is 76.9 Å². The number of esters is 1. The quantitative estimate of drug-likeness (QED) is 0.437. The molecule has 1 aromatic heterocycles. The van der Waals surface area contributed by atoms with Gasteiger partial charge < -0.3 is 20.3 Å². The van der Waals surface area contributed by atoms with Crippen LogP contribution >= 0.6 is 0 Å². The molecule has 0 saturated carbocycles. The number of methoxy groups -OCH3 is 1. The van der Waals surface area contributed by atoms with Crippen LogP contribution in [0, 0.1) is 5.92 Å². The number of amides is 2. The van der Waals surface area contributed by atoms with Crippen LogP contribution in [-0.2, 0) is 20.9 Å². The molecule has 1 aliphatic rings. The summed E-state index contributed by atoms with van der Waals surface area (Å²) in [5, 5.41) is 6.83. The minimum atomic E-state index is -0.534. The number of ether oxygens (including phenoxy) is 1. The Morgan fingerprint density at radius 1 is 0.974 bits per heavy atom. The lowest BCUT2D eigenvalue weighted by molar-refractivity contribution is -0.142. The van der Waals surface area contributed by atoms with Gasteiger partial charge in [-0.15, -0.1) is 0 Å². The molecule has 200 valence electrons. The number of carbonyl (C=O) groups is 3. The number of para-hydroxylation sites is 1. The van der Waals surface area contributed by atoms with E-state index in [2.05, 4.69) is 15.5 Å². The van der Waals surface area contributed by atoms with Crippen molar-refractivity contribution in [3.05, 3.63) is 59.9 Å². The van der Waals surface area contributed by atoms with Crippen LogP contribution in [0.1, 0.15) is 37.0 Å². The van der Waals surface area contributed by atoms with Gasteiger partial charge in [0.2, 0.25) is 5.91 Å². The summed E-state index contributed by atoms with van der Waals surface area (Å²) in [6.45, 7) is 8.43. The molecule has 1 saturated heterocycles. The lowest BCUT2D eigenvalue weighted by Crippen LogP contribution is -2.48. The number of piperazine rings is 1. The maximum absolute atomic E-state index is 13.0. The van der Waals surface area contributed by atoms with Crippen molar-refractivity contribution in [1.29, 1.82) is 0 Å². The molecule has 1 fully saturated rings. The molecule has 2 heterocycles. The van der Waals surface area contributed by atoms with Gasteiger partial charge in [0.25, 0.3) is 5.91 Å². The molecule has 0 spiro atoms. The van der Waals surface area contributed by atoms with Gasteiger partial charge in [0.05, 0.1) is 19.2 Å². The van der Waals surface area contributed by atoms with E-state index in [-0.39, 0.29) is 23.7 Å². The minimum absolute atomic E-state index is 0.00634. The van der Waals surface area contributed by atoms with Gasteiger partial charge in [-0.25, -0.2) is 14.8 Å². The highest BCUT2D eigenvalue weighted by atomic mass is 16.5. The maximum atomic E-state index is 13.0. The molecule has 2 aromatic carbocycles. The summed E-state index contributed by atoms with van der Waals surface area (Å²) in [7, 11) is 1.38. The van der Waals surface area contributed by atoms with E-state index in [0.717, 1.165) is 10.9 Å². The zero-order valence-electron chi connectivity index (χ0n) is 22.2. The summed E-state index contributed by atoms with van der Waals surface area (Å²) in [5.41, 5.74) is 2.05. The second kappa shape index (κ2) is 12.0. The molecule has 1 aliphatic heterocycles. The van der Waals surface area contributed by atoms with Gasteiger partial charge in [-0.05, 0) is 42.3 Å². The molecule has 10 heteroatoms. The van der Waals surface area contributed by atoms with Crippen molar-refractivity contribution in [3.63, 3.8) is 0 Å². The Kier molecular flexibility index (Phi) is 8.52. The van der Waals surface area contributed by atoms with Crippen LogP contribution in [0.25, 0.3) is 10.9 Å². The Bertz CT molecular complexity index is 1300. The first kappa shape index (κ1) is 27.0. The van der Waals surface area contributed by atoms with Gasteiger partial charge >= 0.3 is 5.97 Å². The first-order valence-electron chi connectivity index (χ1n) is 12.7. The largest absolute Gasteiger partial charge is 0.467 e. The van der Waals surface area contributed by atoms with Gasteiger partial charge in [-0.1, -0.05) is 26.0 Å². The molecule has 0 aliphatic carbocycles. The summed E-state index contributed by atoms with van der Waals surface area (Å²) in [6.07, 6.45) is 0. The van der Waals surface area contributed by atoms with Gasteiger partial charge in [-0.2, -0.15) is 0 Å². The Hall–Kier alpha value is -4.05. The third-order valence-electron chi connectivity index (χ3n) is 6.54. The van der Waals surface area contributed by atoms with Crippen LogP contribution in [0.4, 0.5) is 11.5 Å². The van der Waals surface area contributed by atoms with Crippen molar-refractivity contribution in [2.75, 3.05) is 43.9 Å². The average Bonchev–Trinajstić information content (AvgIpc) is 2.91. The molecule has 0 radical (unpaired) electrons. The molecule has 1 atom stereocenters. The molecule has 3 aromatic rings. The second-order valence-electron chi connectivity index (χ2n) is 9.72. The van der Waals surface area contributed by atoms with E-state index in [1.165, 1.54) is 14.0 Å². The predicted octanol–water partition coefficient (Wildman–Crippen LogP) is 3.16. The van der Waals surface area contributed by atoms with E-state index in [4.69, 9.17) is 14.7 Å².